The fraction of sp³-hybridized carbons (Fsp3) is 0.667. The predicted molar refractivity (Wildman–Crippen MR) is 83.8 cm³/mol. The summed E-state index contributed by atoms with van der Waals surface area (Å²) in [5.74, 6) is 0. The van der Waals surface area contributed by atoms with Crippen LogP contribution in [0.5, 0.6) is 0 Å². The lowest BCUT2D eigenvalue weighted by Gasteiger charge is -2.35. The second kappa shape index (κ2) is 6.85. The fourth-order valence-electron chi connectivity index (χ4n) is 2.38. The number of thiophene rings is 1. The van der Waals surface area contributed by atoms with E-state index in [1.54, 1.807) is 7.05 Å². The molecule has 2 heterocycles. The van der Waals surface area contributed by atoms with Crippen LogP contribution in [0.2, 0.25) is 0 Å². The molecule has 1 fully saturated rings. The third-order valence-electron chi connectivity index (χ3n) is 3.47. The molecule has 1 unspecified atom stereocenters. The first-order valence-electron chi connectivity index (χ1n) is 6.52. The van der Waals surface area contributed by atoms with Crippen LogP contribution in [0.1, 0.15) is 24.1 Å². The number of hydrogen-bond donors (Lipinski definition) is 1. The quantitative estimate of drug-likeness (QED) is 0.847. The molecule has 20 heavy (non-hydrogen) atoms. The van der Waals surface area contributed by atoms with Crippen LogP contribution in [-0.2, 0) is 16.8 Å². The average Bonchev–Trinajstić information content (AvgIpc) is 2.84. The van der Waals surface area contributed by atoms with Crippen LogP contribution < -0.4 is 0 Å². The van der Waals surface area contributed by atoms with Crippen molar-refractivity contribution >= 4 is 37.5 Å². The van der Waals surface area contributed by atoms with Gasteiger partial charge < -0.3 is 5.11 Å². The van der Waals surface area contributed by atoms with E-state index in [0.29, 0.717) is 13.1 Å². The maximum atomic E-state index is 12.6. The van der Waals surface area contributed by atoms with Crippen LogP contribution in [0.3, 0.4) is 0 Å². The van der Waals surface area contributed by atoms with Crippen molar-refractivity contribution in [1.29, 1.82) is 0 Å². The molecular formula is C12H19BrN2O3S2. The van der Waals surface area contributed by atoms with Crippen molar-refractivity contribution in [3.8, 4) is 0 Å². The molecule has 0 amide bonds. The van der Waals surface area contributed by atoms with E-state index in [2.05, 4.69) is 15.9 Å². The van der Waals surface area contributed by atoms with Crippen molar-refractivity contribution in [2.75, 3.05) is 20.2 Å². The van der Waals surface area contributed by atoms with E-state index in [1.807, 2.05) is 11.4 Å². The van der Waals surface area contributed by atoms with Crippen LogP contribution in [0.15, 0.2) is 15.9 Å². The summed E-state index contributed by atoms with van der Waals surface area (Å²) >= 11 is 4.90. The Balaban J connectivity index is 2.11. The van der Waals surface area contributed by atoms with E-state index in [4.69, 9.17) is 0 Å². The average molecular weight is 383 g/mol. The van der Waals surface area contributed by atoms with Gasteiger partial charge in [0.2, 0.25) is 0 Å². The normalized spacial score (nSPS) is 21.5. The molecule has 0 aliphatic carbocycles. The number of aliphatic hydroxyl groups excluding tert-OH is 1. The minimum absolute atomic E-state index is 0.113. The van der Waals surface area contributed by atoms with Crippen molar-refractivity contribution < 1.29 is 13.5 Å². The third-order valence-corrected chi connectivity index (χ3v) is 7.15. The first kappa shape index (κ1) is 16.4. The zero-order valence-corrected chi connectivity index (χ0v) is 14.5. The molecule has 1 aliphatic heterocycles. The summed E-state index contributed by atoms with van der Waals surface area (Å²) < 4.78 is 29.0. The van der Waals surface area contributed by atoms with Crippen molar-refractivity contribution in [2.45, 2.75) is 31.8 Å². The van der Waals surface area contributed by atoms with Gasteiger partial charge in [-0.25, -0.2) is 0 Å². The van der Waals surface area contributed by atoms with Gasteiger partial charge in [-0.05, 0) is 34.8 Å². The molecule has 1 N–H and O–H groups in total. The number of piperidine rings is 1. The Labute approximate surface area is 132 Å². The fourth-order valence-corrected chi connectivity index (χ4v) is 5.53. The van der Waals surface area contributed by atoms with Gasteiger partial charge in [-0.1, -0.05) is 6.42 Å². The molecule has 0 bridgehead atoms. The molecular weight excluding hydrogens is 364 g/mol. The lowest BCUT2D eigenvalue weighted by atomic mass is 10.1. The molecule has 114 valence electrons. The van der Waals surface area contributed by atoms with Crippen LogP contribution >= 0.6 is 27.3 Å². The number of nitrogens with zero attached hydrogens (tertiary/aromatic N) is 2. The summed E-state index contributed by atoms with van der Waals surface area (Å²) in [6, 6.07) is 1.64. The Hall–Kier alpha value is 0.01000. The lowest BCUT2D eigenvalue weighted by Crippen LogP contribution is -2.50. The first-order valence-corrected chi connectivity index (χ1v) is 9.59. The molecule has 0 aromatic carbocycles. The first-order chi connectivity index (χ1) is 9.45. The molecule has 1 aromatic heterocycles. The number of hydrogen-bond acceptors (Lipinski definition) is 4. The van der Waals surface area contributed by atoms with E-state index in [0.717, 1.165) is 28.6 Å². The van der Waals surface area contributed by atoms with Crippen molar-refractivity contribution in [3.63, 3.8) is 0 Å². The lowest BCUT2D eigenvalue weighted by molar-refractivity contribution is 0.149. The van der Waals surface area contributed by atoms with Crippen molar-refractivity contribution in [2.24, 2.45) is 0 Å². The van der Waals surface area contributed by atoms with Gasteiger partial charge in [-0.15, -0.1) is 11.3 Å². The summed E-state index contributed by atoms with van der Waals surface area (Å²) in [5.41, 5.74) is 0. The van der Waals surface area contributed by atoms with E-state index >= 15 is 0 Å². The number of aliphatic hydroxyl groups is 1. The van der Waals surface area contributed by atoms with Gasteiger partial charge in [-0.2, -0.15) is 17.0 Å². The summed E-state index contributed by atoms with van der Waals surface area (Å²) in [6.07, 6.45) is 2.56. The zero-order valence-electron chi connectivity index (χ0n) is 11.3. The minimum Gasteiger partial charge on any atom is -0.395 e. The van der Waals surface area contributed by atoms with E-state index in [1.165, 1.54) is 19.9 Å². The maximum Gasteiger partial charge on any atom is 0.282 e. The largest absolute Gasteiger partial charge is 0.395 e. The van der Waals surface area contributed by atoms with Crippen molar-refractivity contribution in [3.05, 3.63) is 20.8 Å². The SMILES string of the molecule is CN(Cc1cc(Br)cs1)S(=O)(=O)N1CCCCC1CO. The summed E-state index contributed by atoms with van der Waals surface area (Å²) in [6.45, 7) is 0.733. The highest BCUT2D eigenvalue weighted by atomic mass is 79.9. The second-order valence-corrected chi connectivity index (χ2v) is 8.84. The van der Waals surface area contributed by atoms with E-state index < -0.39 is 10.2 Å². The highest BCUT2D eigenvalue weighted by Crippen LogP contribution is 2.25. The molecule has 1 atom stereocenters. The van der Waals surface area contributed by atoms with Gasteiger partial charge in [-0.3, -0.25) is 0 Å². The molecule has 1 aromatic rings. The Kier molecular flexibility index (Phi) is 5.61. The van der Waals surface area contributed by atoms with Crippen LogP contribution in [-0.4, -0.2) is 48.4 Å². The molecule has 0 spiro atoms. The van der Waals surface area contributed by atoms with Crippen LogP contribution in [0.4, 0.5) is 0 Å². The van der Waals surface area contributed by atoms with Gasteiger partial charge in [0.25, 0.3) is 10.2 Å². The third kappa shape index (κ3) is 3.61. The smallest absolute Gasteiger partial charge is 0.282 e. The maximum absolute atomic E-state index is 12.6. The van der Waals surface area contributed by atoms with Crippen LogP contribution in [0, 0.1) is 0 Å². The van der Waals surface area contributed by atoms with E-state index in [-0.39, 0.29) is 12.6 Å². The van der Waals surface area contributed by atoms with Gasteiger partial charge in [0.15, 0.2) is 0 Å². The van der Waals surface area contributed by atoms with Crippen LogP contribution in [0.25, 0.3) is 0 Å². The standard InChI is InChI=1S/C12H19BrN2O3S2/c1-14(7-12-6-10(13)9-19-12)20(17,18)15-5-3-2-4-11(15)8-16/h6,9,11,16H,2-5,7-8H2,1H3. The Morgan fingerprint density at radius 3 is 2.90 bits per heavy atom. The Morgan fingerprint density at radius 1 is 1.55 bits per heavy atom. The van der Waals surface area contributed by atoms with Crippen molar-refractivity contribution in [1.82, 2.24) is 8.61 Å². The Bertz CT molecular complexity index is 547. The molecule has 5 nitrogen and oxygen atoms in total. The van der Waals surface area contributed by atoms with E-state index in [9.17, 15) is 13.5 Å². The summed E-state index contributed by atoms with van der Waals surface area (Å²) in [5, 5.41) is 11.3. The second-order valence-electron chi connectivity index (χ2n) is 4.94. The molecule has 8 heteroatoms. The molecule has 1 saturated heterocycles. The van der Waals surface area contributed by atoms with Gasteiger partial charge in [0.1, 0.15) is 0 Å². The van der Waals surface area contributed by atoms with Gasteiger partial charge in [0, 0.05) is 40.9 Å². The topological polar surface area (TPSA) is 60.9 Å². The summed E-state index contributed by atoms with van der Waals surface area (Å²) in [4.78, 5) is 0.987. The van der Waals surface area contributed by atoms with Gasteiger partial charge >= 0.3 is 0 Å². The van der Waals surface area contributed by atoms with Gasteiger partial charge in [0.05, 0.1) is 6.61 Å². The minimum atomic E-state index is -3.51. The number of rotatable bonds is 5. The Morgan fingerprint density at radius 2 is 2.30 bits per heavy atom. The zero-order chi connectivity index (χ0) is 14.8. The molecule has 1 aliphatic rings. The molecule has 0 radical (unpaired) electrons. The number of halogens is 1. The highest BCUT2D eigenvalue weighted by Gasteiger charge is 2.34. The highest BCUT2D eigenvalue weighted by molar-refractivity contribution is 9.10. The molecule has 2 rings (SSSR count). The molecule has 0 saturated carbocycles. The monoisotopic (exact) mass is 382 g/mol. The summed E-state index contributed by atoms with van der Waals surface area (Å²) in [7, 11) is -1.92. The predicted octanol–water partition coefficient (Wildman–Crippen LogP) is 2.03.